The van der Waals surface area contributed by atoms with E-state index < -0.39 is 10.0 Å². The third-order valence-electron chi connectivity index (χ3n) is 2.06. The highest BCUT2D eigenvalue weighted by atomic mass is 32.2. The van der Waals surface area contributed by atoms with E-state index in [9.17, 15) is 8.42 Å². The minimum atomic E-state index is -3.69. The monoisotopic (exact) mass is 254 g/mol. The Balaban J connectivity index is 2.87. The van der Waals surface area contributed by atoms with Crippen LogP contribution >= 0.6 is 0 Å². The maximum atomic E-state index is 11.9. The van der Waals surface area contributed by atoms with Gasteiger partial charge in [0.05, 0.1) is 0 Å². The van der Waals surface area contributed by atoms with Gasteiger partial charge in [-0.3, -0.25) is 0 Å². The van der Waals surface area contributed by atoms with E-state index in [1.54, 1.807) is 13.0 Å². The summed E-state index contributed by atoms with van der Waals surface area (Å²) in [5.41, 5.74) is 5.41. The van der Waals surface area contributed by atoms with Crippen LogP contribution in [0.2, 0.25) is 0 Å². The number of aromatic nitrogens is 1. The van der Waals surface area contributed by atoms with E-state index in [1.165, 1.54) is 18.3 Å². The molecule has 0 saturated carbocycles. The quantitative estimate of drug-likeness (QED) is 0.766. The summed E-state index contributed by atoms with van der Waals surface area (Å²) >= 11 is 0. The van der Waals surface area contributed by atoms with Gasteiger partial charge in [0.15, 0.2) is 5.69 Å². The van der Waals surface area contributed by atoms with E-state index in [2.05, 4.69) is 9.71 Å². The number of sulfonamides is 1. The van der Waals surface area contributed by atoms with Crippen molar-refractivity contribution < 1.29 is 8.42 Å². The molecule has 3 N–H and O–H groups in total. The predicted octanol–water partition coefficient (Wildman–Crippen LogP) is -0.0311. The number of hydrogen-bond donors (Lipinski definition) is 2. The van der Waals surface area contributed by atoms with Crippen LogP contribution in [0.3, 0.4) is 0 Å². The molecule has 1 aromatic heterocycles. The van der Waals surface area contributed by atoms with Gasteiger partial charge < -0.3 is 5.73 Å². The molecular formula is C10H14N4O2S. The Morgan fingerprint density at radius 3 is 2.94 bits per heavy atom. The fourth-order valence-electron chi connectivity index (χ4n) is 1.19. The first kappa shape index (κ1) is 13.6. The third kappa shape index (κ3) is 3.78. The second-order valence-electron chi connectivity index (χ2n) is 3.63. The van der Waals surface area contributed by atoms with Gasteiger partial charge in [0, 0.05) is 18.8 Å². The maximum absolute atomic E-state index is 11.9. The summed E-state index contributed by atoms with van der Waals surface area (Å²) in [7, 11) is -3.69. The molecule has 1 aromatic rings. The molecule has 0 aromatic carbocycles. The molecule has 0 amide bonds. The molecule has 0 aliphatic heterocycles. The van der Waals surface area contributed by atoms with Gasteiger partial charge in [0.1, 0.15) is 11.0 Å². The van der Waals surface area contributed by atoms with E-state index in [0.29, 0.717) is 6.42 Å². The summed E-state index contributed by atoms with van der Waals surface area (Å²) in [6.45, 7) is 2.03. The lowest BCUT2D eigenvalue weighted by atomic mass is 10.3. The Bertz CT molecular complexity index is 519. The normalized spacial score (nSPS) is 13.0. The number of nitrogens with two attached hydrogens (primary N) is 1. The second kappa shape index (κ2) is 5.72. The molecule has 17 heavy (non-hydrogen) atoms. The Morgan fingerprint density at radius 2 is 2.35 bits per heavy atom. The molecule has 0 aliphatic rings. The van der Waals surface area contributed by atoms with Crippen molar-refractivity contribution in [2.75, 3.05) is 6.54 Å². The molecule has 0 saturated heterocycles. The Labute approximate surface area is 101 Å². The fraction of sp³-hybridized carbons (Fsp3) is 0.400. The molecule has 0 fully saturated rings. The highest BCUT2D eigenvalue weighted by Gasteiger charge is 2.18. The van der Waals surface area contributed by atoms with Crippen LogP contribution in [0, 0.1) is 11.3 Å². The van der Waals surface area contributed by atoms with Gasteiger partial charge in [-0.25, -0.2) is 18.1 Å². The Morgan fingerprint density at radius 1 is 1.65 bits per heavy atom. The van der Waals surface area contributed by atoms with E-state index in [4.69, 9.17) is 11.0 Å². The zero-order chi connectivity index (χ0) is 12.9. The first-order chi connectivity index (χ1) is 7.97. The maximum Gasteiger partial charge on any atom is 0.243 e. The SMILES string of the molecule is CC(N)CCNS(=O)(=O)c1cccnc1C#N. The van der Waals surface area contributed by atoms with Crippen molar-refractivity contribution in [3.05, 3.63) is 24.0 Å². The molecule has 7 heteroatoms. The average Bonchev–Trinajstić information content (AvgIpc) is 2.28. The molecule has 6 nitrogen and oxygen atoms in total. The van der Waals surface area contributed by atoms with Gasteiger partial charge >= 0.3 is 0 Å². The molecule has 1 atom stereocenters. The van der Waals surface area contributed by atoms with Crippen molar-refractivity contribution in [2.24, 2.45) is 5.73 Å². The summed E-state index contributed by atoms with van der Waals surface area (Å²) in [6.07, 6.45) is 1.90. The lowest BCUT2D eigenvalue weighted by molar-refractivity contribution is 0.571. The molecule has 0 bridgehead atoms. The van der Waals surface area contributed by atoms with Gasteiger partial charge in [-0.15, -0.1) is 0 Å². The van der Waals surface area contributed by atoms with Crippen molar-refractivity contribution >= 4 is 10.0 Å². The van der Waals surface area contributed by atoms with Crippen LogP contribution in [0.5, 0.6) is 0 Å². The summed E-state index contributed by atoms with van der Waals surface area (Å²) in [4.78, 5) is 3.60. The lowest BCUT2D eigenvalue weighted by Gasteiger charge is -2.08. The minimum absolute atomic E-state index is 0.0814. The van der Waals surface area contributed by atoms with Crippen molar-refractivity contribution in [3.63, 3.8) is 0 Å². The smallest absolute Gasteiger partial charge is 0.243 e. The van der Waals surface area contributed by atoms with Crippen LogP contribution in [0.15, 0.2) is 23.2 Å². The first-order valence-corrected chi connectivity index (χ1v) is 6.56. The topological polar surface area (TPSA) is 109 Å². The van der Waals surface area contributed by atoms with Crippen LogP contribution in [0.4, 0.5) is 0 Å². The van der Waals surface area contributed by atoms with Crippen LogP contribution in [-0.2, 0) is 10.0 Å². The standard InChI is InChI=1S/C10H14N4O2S/c1-8(12)4-6-14-17(15,16)10-3-2-5-13-9(10)7-11/h2-3,5,8,14H,4,6,12H2,1H3. The van der Waals surface area contributed by atoms with E-state index in [-0.39, 0.29) is 23.2 Å². The zero-order valence-electron chi connectivity index (χ0n) is 9.42. The number of nitrogens with zero attached hydrogens (tertiary/aromatic N) is 2. The van der Waals surface area contributed by atoms with Gasteiger partial charge in [-0.05, 0) is 25.5 Å². The van der Waals surface area contributed by atoms with Gasteiger partial charge in [0.2, 0.25) is 10.0 Å². The lowest BCUT2D eigenvalue weighted by Crippen LogP contribution is -2.29. The van der Waals surface area contributed by atoms with Crippen molar-refractivity contribution in [2.45, 2.75) is 24.3 Å². The van der Waals surface area contributed by atoms with E-state index in [0.717, 1.165) is 0 Å². The van der Waals surface area contributed by atoms with Crippen molar-refractivity contribution in [1.82, 2.24) is 9.71 Å². The highest BCUT2D eigenvalue weighted by molar-refractivity contribution is 7.89. The third-order valence-corrected chi connectivity index (χ3v) is 3.55. The molecule has 0 aliphatic carbocycles. The zero-order valence-corrected chi connectivity index (χ0v) is 10.2. The number of rotatable bonds is 5. The first-order valence-electron chi connectivity index (χ1n) is 5.07. The predicted molar refractivity (Wildman–Crippen MR) is 62.4 cm³/mol. The molecule has 1 rings (SSSR count). The largest absolute Gasteiger partial charge is 0.328 e. The summed E-state index contributed by atoms with van der Waals surface area (Å²) in [5, 5.41) is 8.77. The molecule has 0 spiro atoms. The second-order valence-corrected chi connectivity index (χ2v) is 5.36. The Kier molecular flexibility index (Phi) is 4.57. The minimum Gasteiger partial charge on any atom is -0.328 e. The molecule has 0 radical (unpaired) electrons. The van der Waals surface area contributed by atoms with Crippen LogP contribution in [-0.4, -0.2) is 26.0 Å². The van der Waals surface area contributed by atoms with Gasteiger partial charge in [0.25, 0.3) is 0 Å². The van der Waals surface area contributed by atoms with Crippen LogP contribution in [0.25, 0.3) is 0 Å². The van der Waals surface area contributed by atoms with Gasteiger partial charge in [-0.2, -0.15) is 5.26 Å². The van der Waals surface area contributed by atoms with Crippen LogP contribution < -0.4 is 10.5 Å². The number of nitriles is 1. The summed E-state index contributed by atoms with van der Waals surface area (Å²) in [5.74, 6) is 0. The highest BCUT2D eigenvalue weighted by Crippen LogP contribution is 2.11. The number of nitrogens with one attached hydrogen (secondary N) is 1. The molecular weight excluding hydrogens is 240 g/mol. The molecule has 92 valence electrons. The average molecular weight is 254 g/mol. The molecule has 1 heterocycles. The number of pyridine rings is 1. The van der Waals surface area contributed by atoms with Gasteiger partial charge in [-0.1, -0.05) is 0 Å². The summed E-state index contributed by atoms with van der Waals surface area (Å²) < 4.78 is 26.1. The van der Waals surface area contributed by atoms with E-state index in [1.807, 2.05) is 0 Å². The summed E-state index contributed by atoms with van der Waals surface area (Å²) in [6, 6.07) is 4.48. The van der Waals surface area contributed by atoms with Crippen LogP contribution in [0.1, 0.15) is 19.0 Å². The number of hydrogen-bond acceptors (Lipinski definition) is 5. The van der Waals surface area contributed by atoms with E-state index >= 15 is 0 Å². The van der Waals surface area contributed by atoms with Crippen molar-refractivity contribution in [3.8, 4) is 6.07 Å². The fourth-order valence-corrected chi connectivity index (χ4v) is 2.34. The van der Waals surface area contributed by atoms with Crippen molar-refractivity contribution in [1.29, 1.82) is 5.26 Å². The Hall–Kier alpha value is -1.49. The molecule has 1 unspecified atom stereocenters.